The third kappa shape index (κ3) is 4.09. The molecule has 3 nitrogen and oxygen atoms in total. The van der Waals surface area contributed by atoms with E-state index in [4.69, 9.17) is 0 Å². The monoisotopic (exact) mass is 407 g/mol. The topological polar surface area (TPSA) is 52.5 Å². The number of hydrogen-bond donors (Lipinski definition) is 3. The maximum absolute atomic E-state index is 11.3. The number of aromatic hydroxyl groups is 1. The Balaban J connectivity index is 1.68. The van der Waals surface area contributed by atoms with E-state index in [0.29, 0.717) is 17.7 Å². The number of nitrogens with one attached hydrogen (secondary N) is 1. The van der Waals surface area contributed by atoms with Crippen molar-refractivity contribution in [2.45, 2.75) is 89.2 Å². The van der Waals surface area contributed by atoms with Crippen LogP contribution in [0.1, 0.15) is 76.0 Å². The second-order valence-electron chi connectivity index (χ2n) is 10.1. The molecule has 2 aliphatic carbocycles. The Bertz CT molecular complexity index is 875. The van der Waals surface area contributed by atoms with Crippen LogP contribution in [0.2, 0.25) is 0 Å². The minimum atomic E-state index is -0.512. The second-order valence-corrected chi connectivity index (χ2v) is 10.1. The van der Waals surface area contributed by atoms with Crippen molar-refractivity contribution in [1.82, 2.24) is 0 Å². The fourth-order valence-electron chi connectivity index (χ4n) is 6.19. The zero-order valence-electron chi connectivity index (χ0n) is 18.7. The van der Waals surface area contributed by atoms with Crippen LogP contribution in [-0.2, 0) is 18.3 Å². The standard InChI is InChI=1S/C27H37NO2/c1-4-13-26(30)14-15-27(17-20-5-9-23(10-6-20)28-19(2)3)22(18-26)8-7-21-16-24(29)11-12-25(21)27/h5-6,9-12,16,19,22,28-30H,4,7-8,13-15,17-18H2,1-3H3/t22-,26?,27-/m0/s1. The Kier molecular flexibility index (Phi) is 5.85. The molecule has 3 heteroatoms. The molecule has 1 saturated carbocycles. The van der Waals surface area contributed by atoms with Crippen molar-refractivity contribution in [2.24, 2.45) is 5.92 Å². The summed E-state index contributed by atoms with van der Waals surface area (Å²) < 4.78 is 0. The molecule has 162 valence electrons. The van der Waals surface area contributed by atoms with Gasteiger partial charge in [-0.15, -0.1) is 0 Å². The van der Waals surface area contributed by atoms with Crippen molar-refractivity contribution in [3.05, 3.63) is 59.2 Å². The molecule has 3 atom stereocenters. The molecule has 2 aromatic carbocycles. The lowest BCUT2D eigenvalue weighted by molar-refractivity contribution is -0.0565. The van der Waals surface area contributed by atoms with Crippen molar-refractivity contribution in [3.8, 4) is 5.75 Å². The highest BCUT2D eigenvalue weighted by Crippen LogP contribution is 2.55. The molecule has 3 N–H and O–H groups in total. The van der Waals surface area contributed by atoms with Crippen LogP contribution in [0.3, 0.4) is 0 Å². The van der Waals surface area contributed by atoms with Gasteiger partial charge in [0.05, 0.1) is 5.60 Å². The first-order valence-corrected chi connectivity index (χ1v) is 11.7. The van der Waals surface area contributed by atoms with E-state index in [1.54, 1.807) is 0 Å². The number of phenolic OH excluding ortho intramolecular Hbond substituents is 1. The first kappa shape index (κ1) is 21.2. The lowest BCUT2D eigenvalue weighted by Crippen LogP contribution is -2.51. The van der Waals surface area contributed by atoms with Crippen molar-refractivity contribution >= 4 is 5.69 Å². The fourth-order valence-corrected chi connectivity index (χ4v) is 6.19. The van der Waals surface area contributed by atoms with Crippen LogP contribution < -0.4 is 5.32 Å². The van der Waals surface area contributed by atoms with Crippen molar-refractivity contribution in [1.29, 1.82) is 0 Å². The summed E-state index contributed by atoms with van der Waals surface area (Å²) in [4.78, 5) is 0. The summed E-state index contributed by atoms with van der Waals surface area (Å²) in [5.41, 5.74) is 4.76. The zero-order chi connectivity index (χ0) is 21.4. The molecule has 2 aliphatic rings. The predicted molar refractivity (Wildman–Crippen MR) is 124 cm³/mol. The predicted octanol–water partition coefficient (Wildman–Crippen LogP) is 5.97. The molecular weight excluding hydrogens is 370 g/mol. The highest BCUT2D eigenvalue weighted by Gasteiger charge is 2.51. The minimum Gasteiger partial charge on any atom is -0.508 e. The van der Waals surface area contributed by atoms with Gasteiger partial charge in [-0.2, -0.15) is 0 Å². The van der Waals surface area contributed by atoms with Gasteiger partial charge in [-0.05, 0) is 106 Å². The van der Waals surface area contributed by atoms with Crippen LogP contribution in [0.5, 0.6) is 5.75 Å². The van der Waals surface area contributed by atoms with Gasteiger partial charge in [0.1, 0.15) is 5.75 Å². The van der Waals surface area contributed by atoms with Gasteiger partial charge in [0.15, 0.2) is 0 Å². The molecule has 1 unspecified atom stereocenters. The molecule has 4 rings (SSSR count). The van der Waals surface area contributed by atoms with Crippen LogP contribution in [0.25, 0.3) is 0 Å². The molecule has 0 aromatic heterocycles. The summed E-state index contributed by atoms with van der Waals surface area (Å²) in [7, 11) is 0. The summed E-state index contributed by atoms with van der Waals surface area (Å²) in [6.45, 7) is 6.49. The van der Waals surface area contributed by atoms with Gasteiger partial charge in [-0.25, -0.2) is 0 Å². The largest absolute Gasteiger partial charge is 0.508 e. The van der Waals surface area contributed by atoms with Gasteiger partial charge in [0.25, 0.3) is 0 Å². The zero-order valence-corrected chi connectivity index (χ0v) is 18.7. The Labute approximate surface area is 181 Å². The van der Waals surface area contributed by atoms with Crippen LogP contribution in [-0.4, -0.2) is 21.9 Å². The SMILES string of the molecule is CCCC1(O)CC[C@@]2(Cc3ccc(NC(C)C)cc3)c3ccc(O)cc3CC[C@H]2C1. The number of benzene rings is 2. The Morgan fingerprint density at radius 3 is 2.57 bits per heavy atom. The average molecular weight is 408 g/mol. The first-order chi connectivity index (χ1) is 14.3. The van der Waals surface area contributed by atoms with E-state index in [9.17, 15) is 10.2 Å². The van der Waals surface area contributed by atoms with E-state index in [2.05, 4.69) is 56.4 Å². The van der Waals surface area contributed by atoms with Gasteiger partial charge in [-0.1, -0.05) is 31.5 Å². The Hall–Kier alpha value is -2.00. The molecule has 30 heavy (non-hydrogen) atoms. The van der Waals surface area contributed by atoms with Gasteiger partial charge in [0.2, 0.25) is 0 Å². The number of anilines is 1. The number of aryl methyl sites for hydroxylation is 1. The number of fused-ring (bicyclic) bond motifs is 3. The van der Waals surface area contributed by atoms with E-state index in [-0.39, 0.29) is 5.41 Å². The summed E-state index contributed by atoms with van der Waals surface area (Å²) in [5, 5.41) is 24.8. The van der Waals surface area contributed by atoms with E-state index >= 15 is 0 Å². The van der Waals surface area contributed by atoms with Gasteiger partial charge in [-0.3, -0.25) is 0 Å². The number of phenols is 1. The van der Waals surface area contributed by atoms with Crippen LogP contribution in [0.4, 0.5) is 5.69 Å². The van der Waals surface area contributed by atoms with E-state index in [0.717, 1.165) is 57.1 Å². The summed E-state index contributed by atoms with van der Waals surface area (Å²) in [6.07, 6.45) is 7.80. The third-order valence-electron chi connectivity index (χ3n) is 7.48. The average Bonchev–Trinajstić information content (AvgIpc) is 2.69. The maximum atomic E-state index is 11.3. The smallest absolute Gasteiger partial charge is 0.115 e. The number of rotatable bonds is 6. The minimum absolute atomic E-state index is 0.0498. The lowest BCUT2D eigenvalue weighted by atomic mass is 9.52. The summed E-state index contributed by atoms with van der Waals surface area (Å²) in [6, 6.07) is 15.3. The fraction of sp³-hybridized carbons (Fsp3) is 0.556. The van der Waals surface area contributed by atoms with E-state index in [1.807, 2.05) is 12.1 Å². The lowest BCUT2D eigenvalue weighted by Gasteiger charge is -2.53. The molecule has 0 spiro atoms. The second kappa shape index (κ2) is 8.26. The van der Waals surface area contributed by atoms with Crippen LogP contribution in [0, 0.1) is 5.92 Å². The molecule has 1 fully saturated rings. The molecule has 0 bridgehead atoms. The highest BCUT2D eigenvalue weighted by atomic mass is 16.3. The Morgan fingerprint density at radius 2 is 1.87 bits per heavy atom. The first-order valence-electron chi connectivity index (χ1n) is 11.7. The van der Waals surface area contributed by atoms with Gasteiger partial charge >= 0.3 is 0 Å². The normalized spacial score (nSPS) is 28.1. The molecular formula is C27H37NO2. The molecule has 0 aliphatic heterocycles. The Morgan fingerprint density at radius 1 is 1.10 bits per heavy atom. The van der Waals surface area contributed by atoms with Gasteiger partial charge in [0, 0.05) is 17.1 Å². The van der Waals surface area contributed by atoms with Crippen LogP contribution >= 0.6 is 0 Å². The quantitative estimate of drug-likeness (QED) is 0.553. The molecule has 0 amide bonds. The number of aliphatic hydroxyl groups is 1. The molecule has 2 aromatic rings. The maximum Gasteiger partial charge on any atom is 0.115 e. The van der Waals surface area contributed by atoms with Gasteiger partial charge < -0.3 is 15.5 Å². The van der Waals surface area contributed by atoms with E-state index in [1.165, 1.54) is 16.7 Å². The van der Waals surface area contributed by atoms with Crippen molar-refractivity contribution < 1.29 is 10.2 Å². The third-order valence-corrected chi connectivity index (χ3v) is 7.48. The highest BCUT2D eigenvalue weighted by molar-refractivity contribution is 5.48. The van der Waals surface area contributed by atoms with Crippen molar-refractivity contribution in [2.75, 3.05) is 5.32 Å². The summed E-state index contributed by atoms with van der Waals surface area (Å²) in [5.74, 6) is 0.845. The molecule has 0 heterocycles. The molecule has 0 radical (unpaired) electrons. The van der Waals surface area contributed by atoms with Crippen LogP contribution in [0.15, 0.2) is 42.5 Å². The molecule has 0 saturated heterocycles. The number of hydrogen-bond acceptors (Lipinski definition) is 3. The van der Waals surface area contributed by atoms with E-state index < -0.39 is 5.60 Å². The van der Waals surface area contributed by atoms with Crippen molar-refractivity contribution in [3.63, 3.8) is 0 Å². The summed E-state index contributed by atoms with van der Waals surface area (Å²) >= 11 is 0.